The van der Waals surface area contributed by atoms with E-state index in [-0.39, 0.29) is 11.9 Å². The maximum absolute atomic E-state index is 13.0. The minimum Gasteiger partial charge on any atom is -0.469 e. The fourth-order valence-corrected chi connectivity index (χ4v) is 6.06. The lowest BCUT2D eigenvalue weighted by molar-refractivity contribution is -0.220. The first-order valence-corrected chi connectivity index (χ1v) is 12.9. The van der Waals surface area contributed by atoms with E-state index in [0.29, 0.717) is 59.1 Å². The molecule has 3 fully saturated rings. The highest BCUT2D eigenvalue weighted by Gasteiger charge is 2.75. The third-order valence-corrected chi connectivity index (χ3v) is 8.03. The second-order valence-corrected chi connectivity index (χ2v) is 10.6. The number of rotatable bonds is 6. The van der Waals surface area contributed by atoms with Crippen molar-refractivity contribution in [1.82, 2.24) is 24.5 Å². The van der Waals surface area contributed by atoms with Crippen molar-refractivity contribution in [3.63, 3.8) is 0 Å². The number of imidazole rings is 1. The fourth-order valence-electron chi connectivity index (χ4n) is 6.06. The molecule has 10 nitrogen and oxygen atoms in total. The number of amides is 1. The van der Waals surface area contributed by atoms with Crippen LogP contribution >= 0.6 is 0 Å². The third-order valence-electron chi connectivity index (χ3n) is 8.03. The van der Waals surface area contributed by atoms with Crippen LogP contribution in [-0.4, -0.2) is 43.5 Å². The number of nitrogen functional groups attached to an aromatic ring is 1. The molecular weight excluding hydrogens is 506 g/mol. The van der Waals surface area contributed by atoms with Crippen molar-refractivity contribution in [3.05, 3.63) is 79.1 Å². The first-order valence-electron chi connectivity index (χ1n) is 12.9. The van der Waals surface area contributed by atoms with Gasteiger partial charge < -0.3 is 15.8 Å². The van der Waals surface area contributed by atoms with Gasteiger partial charge in [-0.05, 0) is 55.7 Å². The number of fused-ring (bicyclic) bond motifs is 1. The molecule has 0 saturated heterocycles. The first-order chi connectivity index (χ1) is 19.4. The number of esters is 1. The minimum absolute atomic E-state index is 0.121. The van der Waals surface area contributed by atoms with Gasteiger partial charge in [0.25, 0.3) is 0 Å². The van der Waals surface area contributed by atoms with E-state index in [1.54, 1.807) is 18.5 Å². The zero-order valence-corrected chi connectivity index (χ0v) is 21.7. The summed E-state index contributed by atoms with van der Waals surface area (Å²) in [6.45, 7) is 0. The number of anilines is 2. The molecule has 4 aromatic heterocycles. The van der Waals surface area contributed by atoms with Crippen LogP contribution < -0.4 is 11.1 Å². The number of carbonyl (C=O) groups is 2. The van der Waals surface area contributed by atoms with E-state index in [1.807, 2.05) is 65.2 Å². The van der Waals surface area contributed by atoms with Gasteiger partial charge in [0.1, 0.15) is 17.2 Å². The fraction of sp³-hybridized carbons (Fsp3) is 0.200. The molecule has 3 aliphatic rings. The Bertz CT molecular complexity index is 1780. The predicted molar refractivity (Wildman–Crippen MR) is 149 cm³/mol. The van der Waals surface area contributed by atoms with Gasteiger partial charge in [0.15, 0.2) is 11.5 Å². The van der Waals surface area contributed by atoms with Crippen molar-refractivity contribution >= 4 is 34.7 Å². The minimum atomic E-state index is -0.516. The average molecular weight is 532 g/mol. The highest BCUT2D eigenvalue weighted by Crippen LogP contribution is 2.73. The second kappa shape index (κ2) is 8.70. The number of carbonyl (C=O) groups excluding carboxylic acids is 2. The number of pyridine rings is 3. The summed E-state index contributed by atoms with van der Waals surface area (Å²) in [6, 6.07) is 21.1. The number of nitrogens with two attached hydrogens (primary N) is 1. The highest BCUT2D eigenvalue weighted by molar-refractivity contribution is 6.00. The van der Waals surface area contributed by atoms with Crippen LogP contribution in [0.25, 0.3) is 39.5 Å². The molecule has 0 atom stereocenters. The van der Waals surface area contributed by atoms with E-state index in [2.05, 4.69) is 15.3 Å². The van der Waals surface area contributed by atoms with Crippen molar-refractivity contribution in [2.45, 2.75) is 19.3 Å². The molecule has 5 aromatic rings. The normalized spacial score (nSPS) is 20.8. The van der Waals surface area contributed by atoms with Crippen molar-refractivity contribution in [1.29, 1.82) is 0 Å². The van der Waals surface area contributed by atoms with Crippen LogP contribution in [0.3, 0.4) is 0 Å². The molecular formula is C30H25N7O3. The number of methoxy groups -OCH3 is 1. The molecule has 198 valence electrons. The van der Waals surface area contributed by atoms with Crippen LogP contribution in [0.15, 0.2) is 79.1 Å². The van der Waals surface area contributed by atoms with Gasteiger partial charge in [-0.3, -0.25) is 14.2 Å². The van der Waals surface area contributed by atoms with E-state index in [9.17, 15) is 9.59 Å². The summed E-state index contributed by atoms with van der Waals surface area (Å²) in [5, 5.41) is 2.92. The van der Waals surface area contributed by atoms with E-state index in [4.69, 9.17) is 20.4 Å². The van der Waals surface area contributed by atoms with Gasteiger partial charge >= 0.3 is 5.97 Å². The lowest BCUT2D eigenvalue weighted by atomic mass is 9.35. The Labute approximate surface area is 229 Å². The van der Waals surface area contributed by atoms with E-state index in [1.165, 1.54) is 7.11 Å². The van der Waals surface area contributed by atoms with E-state index in [0.717, 1.165) is 11.3 Å². The number of nitrogens with one attached hydrogen (secondary N) is 1. The van der Waals surface area contributed by atoms with Gasteiger partial charge in [0.05, 0.1) is 41.1 Å². The first kappa shape index (κ1) is 24.0. The monoisotopic (exact) mass is 531 g/mol. The molecule has 0 spiro atoms. The van der Waals surface area contributed by atoms with Gasteiger partial charge in [-0.1, -0.05) is 30.3 Å². The van der Waals surface area contributed by atoms with Crippen LogP contribution in [-0.2, 0) is 14.3 Å². The van der Waals surface area contributed by atoms with Crippen molar-refractivity contribution in [3.8, 4) is 28.3 Å². The van der Waals surface area contributed by atoms with Gasteiger partial charge in [0, 0.05) is 11.8 Å². The Morgan fingerprint density at radius 2 is 1.73 bits per heavy atom. The quantitative estimate of drug-likeness (QED) is 0.307. The summed E-state index contributed by atoms with van der Waals surface area (Å²) in [4.78, 5) is 43.6. The zero-order valence-electron chi connectivity index (χ0n) is 21.7. The molecule has 1 amide bonds. The lowest BCUT2D eigenvalue weighted by Gasteiger charge is -2.66. The molecule has 10 heteroatoms. The molecule has 3 aliphatic carbocycles. The maximum Gasteiger partial charge on any atom is 0.311 e. The lowest BCUT2D eigenvalue weighted by Crippen LogP contribution is -2.69. The Morgan fingerprint density at radius 3 is 2.42 bits per heavy atom. The molecule has 2 bridgehead atoms. The second-order valence-electron chi connectivity index (χ2n) is 10.6. The van der Waals surface area contributed by atoms with Gasteiger partial charge in [-0.15, -0.1) is 0 Å². The highest BCUT2D eigenvalue weighted by atomic mass is 16.5. The molecule has 0 unspecified atom stereocenters. The molecule has 0 radical (unpaired) electrons. The van der Waals surface area contributed by atoms with E-state index < -0.39 is 10.8 Å². The Balaban J connectivity index is 1.24. The Morgan fingerprint density at radius 1 is 0.925 bits per heavy atom. The molecule has 4 heterocycles. The standard InChI is InChI=1S/C30H25N7O3/c1-40-28(39)30-15-29(16-30,17-30)27(38)36-23-12-9-19(14-33-23)37-25(20-8-5-13-32-24(20)31)35-22-11-10-21(34-26(22)37)18-6-3-2-4-7-18/h2-14H,15-17H2,1H3,(H2,31,32)(H,33,36,38). The average Bonchev–Trinajstić information content (AvgIpc) is 3.31. The zero-order chi connectivity index (χ0) is 27.5. The van der Waals surface area contributed by atoms with Crippen molar-refractivity contribution < 1.29 is 14.3 Å². The van der Waals surface area contributed by atoms with Crippen LogP contribution in [0.1, 0.15) is 19.3 Å². The Kier molecular flexibility index (Phi) is 5.21. The molecule has 40 heavy (non-hydrogen) atoms. The molecule has 0 aliphatic heterocycles. The molecule has 3 saturated carbocycles. The van der Waals surface area contributed by atoms with E-state index >= 15 is 0 Å². The van der Waals surface area contributed by atoms with Crippen LogP contribution in [0.4, 0.5) is 11.6 Å². The van der Waals surface area contributed by atoms with Crippen LogP contribution in [0, 0.1) is 10.8 Å². The number of hydrogen-bond acceptors (Lipinski definition) is 8. The Hall–Kier alpha value is -5.12. The summed E-state index contributed by atoms with van der Waals surface area (Å²) in [5.74, 6) is 1.01. The summed E-state index contributed by atoms with van der Waals surface area (Å²) < 4.78 is 6.79. The SMILES string of the molecule is COC(=O)C12CC(C(=O)Nc3ccc(-n4c(-c5cccnc5N)nc5ccc(-c6ccccc6)nc54)cn3)(C1)C2. The topological polar surface area (TPSA) is 138 Å². The summed E-state index contributed by atoms with van der Waals surface area (Å²) in [5.41, 5.74) is 9.74. The summed E-state index contributed by atoms with van der Waals surface area (Å²) in [6.07, 6.45) is 4.85. The van der Waals surface area contributed by atoms with Crippen LogP contribution in [0.2, 0.25) is 0 Å². The number of hydrogen-bond donors (Lipinski definition) is 2. The number of ether oxygens (including phenoxy) is 1. The number of aromatic nitrogens is 5. The van der Waals surface area contributed by atoms with Crippen LogP contribution in [0.5, 0.6) is 0 Å². The van der Waals surface area contributed by atoms with Gasteiger partial charge in [0.2, 0.25) is 5.91 Å². The maximum atomic E-state index is 13.0. The number of benzene rings is 1. The third kappa shape index (κ3) is 3.56. The largest absolute Gasteiger partial charge is 0.469 e. The molecule has 3 N–H and O–H groups in total. The van der Waals surface area contributed by atoms with Gasteiger partial charge in [-0.25, -0.2) is 19.9 Å². The van der Waals surface area contributed by atoms with Gasteiger partial charge in [-0.2, -0.15) is 0 Å². The summed E-state index contributed by atoms with van der Waals surface area (Å²) >= 11 is 0. The number of nitrogens with zero attached hydrogens (tertiary/aromatic N) is 5. The molecule has 8 rings (SSSR count). The van der Waals surface area contributed by atoms with Crippen molar-refractivity contribution in [2.75, 3.05) is 18.2 Å². The van der Waals surface area contributed by atoms with Crippen molar-refractivity contribution in [2.24, 2.45) is 10.8 Å². The predicted octanol–water partition coefficient (Wildman–Crippen LogP) is 4.41. The summed E-state index contributed by atoms with van der Waals surface area (Å²) in [7, 11) is 1.39. The molecule has 1 aromatic carbocycles. The smallest absolute Gasteiger partial charge is 0.311 e.